The van der Waals surface area contributed by atoms with E-state index in [9.17, 15) is 14.4 Å². The molecule has 3 amide bonds. The summed E-state index contributed by atoms with van der Waals surface area (Å²) < 4.78 is 5.30. The topological polar surface area (TPSA) is 114 Å². The molecular formula is C21H32N4O4. The fraction of sp³-hybridized carbons (Fsp3) is 0.571. The van der Waals surface area contributed by atoms with E-state index in [1.54, 1.807) is 0 Å². The molecule has 1 aromatic rings. The minimum absolute atomic E-state index is 0.215. The highest BCUT2D eigenvalue weighted by Crippen LogP contribution is 2.07. The van der Waals surface area contributed by atoms with E-state index in [1.807, 2.05) is 42.2 Å². The number of nitrogens with two attached hydrogens (primary N) is 1. The lowest BCUT2D eigenvalue weighted by Gasteiger charge is -2.27. The highest BCUT2D eigenvalue weighted by Gasteiger charge is 2.26. The van der Waals surface area contributed by atoms with Crippen LogP contribution in [-0.2, 0) is 25.5 Å². The summed E-state index contributed by atoms with van der Waals surface area (Å²) in [6.07, 6.45) is 2.24. The van der Waals surface area contributed by atoms with Gasteiger partial charge in [0, 0.05) is 13.1 Å². The van der Waals surface area contributed by atoms with Gasteiger partial charge in [-0.25, -0.2) is 0 Å². The SMILES string of the molecule is CCC[C@H](NC(=O)[C@H](CCc1ccccc1)NC(=O)CN1CCOCC1)C(N)=O. The van der Waals surface area contributed by atoms with Gasteiger partial charge >= 0.3 is 0 Å². The zero-order chi connectivity index (χ0) is 21.1. The van der Waals surface area contributed by atoms with Gasteiger partial charge in [-0.2, -0.15) is 0 Å². The van der Waals surface area contributed by atoms with E-state index in [2.05, 4.69) is 10.6 Å². The fourth-order valence-electron chi connectivity index (χ4n) is 3.27. The van der Waals surface area contributed by atoms with Crippen molar-refractivity contribution in [2.24, 2.45) is 5.73 Å². The normalized spacial score (nSPS) is 16.6. The number of nitrogens with one attached hydrogen (secondary N) is 2. The van der Waals surface area contributed by atoms with Crippen molar-refractivity contribution in [2.75, 3.05) is 32.8 Å². The maximum absolute atomic E-state index is 12.8. The summed E-state index contributed by atoms with van der Waals surface area (Å²) in [6, 6.07) is 8.30. The summed E-state index contributed by atoms with van der Waals surface area (Å²) in [4.78, 5) is 38.9. The van der Waals surface area contributed by atoms with Crippen molar-refractivity contribution < 1.29 is 19.1 Å². The van der Waals surface area contributed by atoms with E-state index in [-0.39, 0.29) is 18.4 Å². The Morgan fingerprint density at radius 3 is 2.38 bits per heavy atom. The Morgan fingerprint density at radius 2 is 1.76 bits per heavy atom. The van der Waals surface area contributed by atoms with Gasteiger partial charge in [-0.15, -0.1) is 0 Å². The van der Waals surface area contributed by atoms with Gasteiger partial charge in [-0.3, -0.25) is 19.3 Å². The molecule has 1 aliphatic rings. The van der Waals surface area contributed by atoms with Crippen LogP contribution in [0.3, 0.4) is 0 Å². The molecule has 29 heavy (non-hydrogen) atoms. The summed E-state index contributed by atoms with van der Waals surface area (Å²) in [5, 5.41) is 5.54. The molecule has 8 nitrogen and oxygen atoms in total. The van der Waals surface area contributed by atoms with E-state index in [0.29, 0.717) is 52.0 Å². The van der Waals surface area contributed by atoms with Crippen LogP contribution in [0.1, 0.15) is 31.7 Å². The Balaban J connectivity index is 1.99. The number of rotatable bonds is 11. The molecule has 1 saturated heterocycles. The first-order valence-corrected chi connectivity index (χ1v) is 10.2. The summed E-state index contributed by atoms with van der Waals surface area (Å²) >= 11 is 0. The quantitative estimate of drug-likeness (QED) is 0.488. The fourth-order valence-corrected chi connectivity index (χ4v) is 3.27. The zero-order valence-corrected chi connectivity index (χ0v) is 17.1. The average molecular weight is 405 g/mol. The molecule has 0 radical (unpaired) electrons. The molecule has 2 atom stereocenters. The number of hydrogen-bond donors (Lipinski definition) is 3. The van der Waals surface area contributed by atoms with Gasteiger partial charge in [0.15, 0.2) is 0 Å². The predicted molar refractivity (Wildman–Crippen MR) is 110 cm³/mol. The second-order valence-corrected chi connectivity index (χ2v) is 7.29. The minimum Gasteiger partial charge on any atom is -0.379 e. The summed E-state index contributed by atoms with van der Waals surface area (Å²) in [5.74, 6) is -1.17. The number of morpholine rings is 1. The third-order valence-electron chi connectivity index (χ3n) is 4.92. The Kier molecular flexibility index (Phi) is 9.59. The largest absolute Gasteiger partial charge is 0.379 e. The molecule has 1 aliphatic heterocycles. The monoisotopic (exact) mass is 404 g/mol. The van der Waals surface area contributed by atoms with Gasteiger partial charge in [0.1, 0.15) is 12.1 Å². The van der Waals surface area contributed by atoms with Crippen LogP contribution in [0.25, 0.3) is 0 Å². The van der Waals surface area contributed by atoms with Gasteiger partial charge in [-0.1, -0.05) is 43.7 Å². The van der Waals surface area contributed by atoms with Gasteiger partial charge in [0.2, 0.25) is 17.7 Å². The van der Waals surface area contributed by atoms with Crippen LogP contribution in [0.4, 0.5) is 0 Å². The van der Waals surface area contributed by atoms with E-state index in [0.717, 1.165) is 5.56 Å². The molecule has 4 N–H and O–H groups in total. The number of hydrogen-bond acceptors (Lipinski definition) is 5. The lowest BCUT2D eigenvalue weighted by Crippen LogP contribution is -2.54. The van der Waals surface area contributed by atoms with Crippen molar-refractivity contribution in [3.8, 4) is 0 Å². The van der Waals surface area contributed by atoms with Gasteiger partial charge in [0.05, 0.1) is 19.8 Å². The molecule has 0 bridgehead atoms. The lowest BCUT2D eigenvalue weighted by molar-refractivity contribution is -0.132. The van der Waals surface area contributed by atoms with Crippen molar-refractivity contribution in [1.82, 2.24) is 15.5 Å². The standard InChI is InChI=1S/C21H32N4O4/c1-2-6-17(20(22)27)24-21(28)18(10-9-16-7-4-3-5-8-16)23-19(26)15-25-11-13-29-14-12-25/h3-5,7-8,17-18H,2,6,9-15H2,1H3,(H2,22,27)(H,23,26)(H,24,28)/t17-,18-/m0/s1. The van der Waals surface area contributed by atoms with Crippen molar-refractivity contribution in [1.29, 1.82) is 0 Å². The van der Waals surface area contributed by atoms with Crippen LogP contribution in [0, 0.1) is 0 Å². The number of primary amides is 1. The number of carbonyl (C=O) groups is 3. The Bertz CT molecular complexity index is 662. The van der Waals surface area contributed by atoms with Crippen molar-refractivity contribution in [2.45, 2.75) is 44.7 Å². The Labute approximate surface area is 172 Å². The first-order chi connectivity index (χ1) is 14.0. The van der Waals surface area contributed by atoms with Crippen molar-refractivity contribution in [3.05, 3.63) is 35.9 Å². The smallest absolute Gasteiger partial charge is 0.243 e. The van der Waals surface area contributed by atoms with Crippen LogP contribution in [0.15, 0.2) is 30.3 Å². The van der Waals surface area contributed by atoms with Crippen LogP contribution in [-0.4, -0.2) is 67.6 Å². The first kappa shape index (κ1) is 22.8. The maximum atomic E-state index is 12.8. The summed E-state index contributed by atoms with van der Waals surface area (Å²) in [7, 11) is 0. The average Bonchev–Trinajstić information content (AvgIpc) is 2.72. The van der Waals surface area contributed by atoms with Crippen LogP contribution < -0.4 is 16.4 Å². The molecule has 8 heteroatoms. The third kappa shape index (κ3) is 8.21. The molecule has 160 valence electrons. The number of carbonyl (C=O) groups excluding carboxylic acids is 3. The molecular weight excluding hydrogens is 372 g/mol. The molecule has 0 unspecified atom stereocenters. The second kappa shape index (κ2) is 12.2. The van der Waals surface area contributed by atoms with Gasteiger partial charge < -0.3 is 21.1 Å². The van der Waals surface area contributed by atoms with Crippen molar-refractivity contribution >= 4 is 17.7 Å². The second-order valence-electron chi connectivity index (χ2n) is 7.29. The van der Waals surface area contributed by atoms with E-state index in [4.69, 9.17) is 10.5 Å². The number of ether oxygens (including phenoxy) is 1. The van der Waals surface area contributed by atoms with Crippen LogP contribution in [0.2, 0.25) is 0 Å². The molecule has 1 aromatic carbocycles. The third-order valence-corrected chi connectivity index (χ3v) is 4.92. The zero-order valence-electron chi connectivity index (χ0n) is 17.1. The van der Waals surface area contributed by atoms with Gasteiger partial charge in [0.25, 0.3) is 0 Å². The highest BCUT2D eigenvalue weighted by molar-refractivity contribution is 5.91. The van der Waals surface area contributed by atoms with E-state index in [1.165, 1.54) is 0 Å². The number of amides is 3. The molecule has 0 aliphatic carbocycles. The molecule has 0 saturated carbocycles. The molecule has 2 rings (SSSR count). The van der Waals surface area contributed by atoms with E-state index >= 15 is 0 Å². The lowest BCUT2D eigenvalue weighted by atomic mass is 10.0. The summed E-state index contributed by atoms with van der Waals surface area (Å²) in [5.41, 5.74) is 6.48. The number of aryl methyl sites for hydroxylation is 1. The van der Waals surface area contributed by atoms with Gasteiger partial charge in [-0.05, 0) is 24.8 Å². The maximum Gasteiger partial charge on any atom is 0.243 e. The number of benzene rings is 1. The Morgan fingerprint density at radius 1 is 1.07 bits per heavy atom. The highest BCUT2D eigenvalue weighted by atomic mass is 16.5. The summed E-state index contributed by atoms with van der Waals surface area (Å²) in [6.45, 7) is 4.71. The molecule has 0 aromatic heterocycles. The first-order valence-electron chi connectivity index (χ1n) is 10.2. The minimum atomic E-state index is -0.734. The molecule has 1 fully saturated rings. The van der Waals surface area contributed by atoms with E-state index < -0.39 is 18.0 Å². The van der Waals surface area contributed by atoms with Crippen LogP contribution >= 0.6 is 0 Å². The predicted octanol–water partition coefficient (Wildman–Crippen LogP) is 0.206. The van der Waals surface area contributed by atoms with Crippen LogP contribution in [0.5, 0.6) is 0 Å². The Hall–Kier alpha value is -2.45. The number of nitrogens with zero attached hydrogens (tertiary/aromatic N) is 1. The molecule has 1 heterocycles. The molecule has 0 spiro atoms. The van der Waals surface area contributed by atoms with Crippen molar-refractivity contribution in [3.63, 3.8) is 0 Å².